The molecule has 0 atom stereocenters. The minimum Gasteiger partial charge on any atom is -0.123 e. The predicted molar refractivity (Wildman–Crippen MR) is 59.9 cm³/mol. The number of thioether (sulfide) groups is 1. The zero-order chi connectivity index (χ0) is 9.14. The van der Waals surface area contributed by atoms with Crippen molar-refractivity contribution >= 4 is 27.7 Å². The minimum absolute atomic E-state index is 0.651. The van der Waals surface area contributed by atoms with E-state index in [1.165, 1.54) is 14.9 Å². The van der Waals surface area contributed by atoms with Crippen LogP contribution in [0.25, 0.3) is 0 Å². The SMILES string of the molecule is Cc1c(Br)cccc1SC(C)C. The van der Waals surface area contributed by atoms with Gasteiger partial charge in [-0.2, -0.15) is 0 Å². The summed E-state index contributed by atoms with van der Waals surface area (Å²) in [4.78, 5) is 1.37. The zero-order valence-electron chi connectivity index (χ0n) is 7.60. The molecule has 66 valence electrons. The lowest BCUT2D eigenvalue weighted by Crippen LogP contribution is -1.88. The number of rotatable bonds is 2. The molecule has 2 heteroatoms. The van der Waals surface area contributed by atoms with Crippen LogP contribution in [0.4, 0.5) is 0 Å². The fraction of sp³-hybridized carbons (Fsp3) is 0.400. The first-order valence-electron chi connectivity index (χ1n) is 4.03. The number of benzene rings is 1. The molecule has 1 aromatic rings. The Morgan fingerprint density at radius 1 is 1.33 bits per heavy atom. The average Bonchev–Trinajstić information content (AvgIpc) is 1.98. The summed E-state index contributed by atoms with van der Waals surface area (Å²) in [7, 11) is 0. The monoisotopic (exact) mass is 244 g/mol. The highest BCUT2D eigenvalue weighted by molar-refractivity contribution is 9.10. The Bertz CT molecular complexity index is 269. The van der Waals surface area contributed by atoms with Crippen LogP contribution in [-0.4, -0.2) is 5.25 Å². The van der Waals surface area contributed by atoms with E-state index in [4.69, 9.17) is 0 Å². The summed E-state index contributed by atoms with van der Waals surface area (Å²) in [5.74, 6) is 0. The molecule has 1 aromatic carbocycles. The maximum atomic E-state index is 3.52. The van der Waals surface area contributed by atoms with Gasteiger partial charge in [0.2, 0.25) is 0 Å². The highest BCUT2D eigenvalue weighted by Gasteiger charge is 2.03. The van der Waals surface area contributed by atoms with Crippen LogP contribution in [0.2, 0.25) is 0 Å². The second-order valence-corrected chi connectivity index (χ2v) is 5.50. The van der Waals surface area contributed by atoms with Gasteiger partial charge < -0.3 is 0 Å². The van der Waals surface area contributed by atoms with Crippen molar-refractivity contribution in [1.82, 2.24) is 0 Å². The smallest absolute Gasteiger partial charge is 0.0215 e. The van der Waals surface area contributed by atoms with Crippen LogP contribution in [0.15, 0.2) is 27.6 Å². The van der Waals surface area contributed by atoms with Crippen LogP contribution in [0, 0.1) is 6.92 Å². The van der Waals surface area contributed by atoms with E-state index in [9.17, 15) is 0 Å². The summed E-state index contributed by atoms with van der Waals surface area (Å²) in [5, 5.41) is 0.651. The topological polar surface area (TPSA) is 0 Å². The van der Waals surface area contributed by atoms with Gasteiger partial charge in [-0.1, -0.05) is 35.8 Å². The first-order chi connectivity index (χ1) is 5.61. The van der Waals surface area contributed by atoms with E-state index in [2.05, 4.69) is 54.9 Å². The van der Waals surface area contributed by atoms with Gasteiger partial charge in [-0.15, -0.1) is 11.8 Å². The third-order valence-corrected chi connectivity index (χ3v) is 3.61. The molecule has 12 heavy (non-hydrogen) atoms. The number of halogens is 1. The molecule has 0 aliphatic rings. The van der Waals surface area contributed by atoms with Crippen molar-refractivity contribution < 1.29 is 0 Å². The second-order valence-electron chi connectivity index (χ2n) is 3.03. The van der Waals surface area contributed by atoms with Gasteiger partial charge in [0.05, 0.1) is 0 Å². The van der Waals surface area contributed by atoms with E-state index in [1.807, 2.05) is 11.8 Å². The fourth-order valence-electron chi connectivity index (χ4n) is 0.969. The summed E-state index contributed by atoms with van der Waals surface area (Å²) >= 11 is 5.43. The largest absolute Gasteiger partial charge is 0.123 e. The molecule has 0 aliphatic heterocycles. The van der Waals surface area contributed by atoms with Crippen LogP contribution in [0.5, 0.6) is 0 Å². The number of hydrogen-bond acceptors (Lipinski definition) is 1. The second kappa shape index (κ2) is 4.33. The lowest BCUT2D eigenvalue weighted by molar-refractivity contribution is 1.10. The van der Waals surface area contributed by atoms with Crippen molar-refractivity contribution in [1.29, 1.82) is 0 Å². The van der Waals surface area contributed by atoms with Crippen molar-refractivity contribution in [3.05, 3.63) is 28.2 Å². The Labute approximate surface area is 86.9 Å². The molecule has 0 radical (unpaired) electrons. The van der Waals surface area contributed by atoms with Gasteiger partial charge in [0.25, 0.3) is 0 Å². The molecule has 1 rings (SSSR count). The standard InChI is InChI=1S/C10H13BrS/c1-7(2)12-10-6-4-5-9(11)8(10)3/h4-7H,1-3H3. The molecule has 0 nitrogen and oxygen atoms in total. The molecular formula is C10H13BrS. The maximum absolute atomic E-state index is 3.52. The summed E-state index contributed by atoms with van der Waals surface area (Å²) in [6, 6.07) is 6.34. The summed E-state index contributed by atoms with van der Waals surface area (Å²) in [5.41, 5.74) is 1.34. The van der Waals surface area contributed by atoms with Crippen LogP contribution in [0.1, 0.15) is 19.4 Å². The van der Waals surface area contributed by atoms with E-state index in [0.29, 0.717) is 5.25 Å². The molecule has 0 bridgehead atoms. The van der Waals surface area contributed by atoms with Gasteiger partial charge in [0.15, 0.2) is 0 Å². The van der Waals surface area contributed by atoms with E-state index in [-0.39, 0.29) is 0 Å². The molecular weight excluding hydrogens is 232 g/mol. The van der Waals surface area contributed by atoms with Crippen molar-refractivity contribution in [2.24, 2.45) is 0 Å². The van der Waals surface area contributed by atoms with Gasteiger partial charge in [-0.3, -0.25) is 0 Å². The molecule has 0 amide bonds. The van der Waals surface area contributed by atoms with E-state index >= 15 is 0 Å². The number of hydrogen-bond donors (Lipinski definition) is 0. The van der Waals surface area contributed by atoms with Gasteiger partial charge in [0, 0.05) is 14.6 Å². The first kappa shape index (κ1) is 10.1. The zero-order valence-corrected chi connectivity index (χ0v) is 10.00. The highest BCUT2D eigenvalue weighted by atomic mass is 79.9. The van der Waals surface area contributed by atoms with Crippen molar-refractivity contribution in [2.45, 2.75) is 30.9 Å². The molecule has 0 spiro atoms. The molecule has 0 unspecified atom stereocenters. The summed E-state index contributed by atoms with van der Waals surface area (Å²) in [6.07, 6.45) is 0. The molecule has 0 aromatic heterocycles. The van der Waals surface area contributed by atoms with Crippen molar-refractivity contribution in [2.75, 3.05) is 0 Å². The minimum atomic E-state index is 0.651. The van der Waals surface area contributed by atoms with Crippen LogP contribution in [0.3, 0.4) is 0 Å². The van der Waals surface area contributed by atoms with E-state index < -0.39 is 0 Å². The quantitative estimate of drug-likeness (QED) is 0.701. The normalized spacial score (nSPS) is 10.8. The molecule has 0 aliphatic carbocycles. The van der Waals surface area contributed by atoms with Gasteiger partial charge in [-0.05, 0) is 24.6 Å². The Morgan fingerprint density at radius 3 is 2.58 bits per heavy atom. The van der Waals surface area contributed by atoms with E-state index in [0.717, 1.165) is 0 Å². The van der Waals surface area contributed by atoms with Crippen LogP contribution >= 0.6 is 27.7 Å². The van der Waals surface area contributed by atoms with Gasteiger partial charge in [-0.25, -0.2) is 0 Å². The third-order valence-electron chi connectivity index (χ3n) is 1.58. The van der Waals surface area contributed by atoms with Crippen LogP contribution in [-0.2, 0) is 0 Å². The van der Waals surface area contributed by atoms with Crippen LogP contribution < -0.4 is 0 Å². The Balaban J connectivity index is 2.92. The molecule has 0 fully saturated rings. The van der Waals surface area contributed by atoms with E-state index in [1.54, 1.807) is 0 Å². The molecule has 0 saturated carbocycles. The van der Waals surface area contributed by atoms with Crippen molar-refractivity contribution in [3.63, 3.8) is 0 Å². The first-order valence-corrected chi connectivity index (χ1v) is 5.70. The molecule has 0 heterocycles. The lowest BCUT2D eigenvalue weighted by atomic mass is 10.2. The summed E-state index contributed by atoms with van der Waals surface area (Å²) in [6.45, 7) is 6.57. The predicted octanol–water partition coefficient (Wildman–Crippen LogP) is 4.26. The fourth-order valence-corrected chi connectivity index (χ4v) is 2.42. The summed E-state index contributed by atoms with van der Waals surface area (Å²) < 4.78 is 1.20. The molecule has 0 N–H and O–H groups in total. The van der Waals surface area contributed by atoms with Gasteiger partial charge >= 0.3 is 0 Å². The lowest BCUT2D eigenvalue weighted by Gasteiger charge is -2.08. The average molecular weight is 245 g/mol. The Kier molecular flexibility index (Phi) is 3.66. The molecule has 0 saturated heterocycles. The van der Waals surface area contributed by atoms with Gasteiger partial charge in [0.1, 0.15) is 0 Å². The highest BCUT2D eigenvalue weighted by Crippen LogP contribution is 2.30. The Morgan fingerprint density at radius 2 is 2.00 bits per heavy atom. The maximum Gasteiger partial charge on any atom is 0.0215 e. The Hall–Kier alpha value is 0.0500. The third kappa shape index (κ3) is 2.53. The van der Waals surface area contributed by atoms with Crippen molar-refractivity contribution in [3.8, 4) is 0 Å².